The average molecular weight is 417 g/mol. The van der Waals surface area contributed by atoms with Gasteiger partial charge in [-0.05, 0) is 48.5 Å². The molecule has 0 saturated carbocycles. The lowest BCUT2D eigenvalue weighted by molar-refractivity contribution is -0.118. The minimum absolute atomic E-state index is 0.0849. The number of hydrogen-bond donors (Lipinski definition) is 2. The molecule has 0 atom stereocenters. The highest BCUT2D eigenvalue weighted by atomic mass is 35.5. The van der Waals surface area contributed by atoms with Gasteiger partial charge in [-0.2, -0.15) is 0 Å². The number of anilines is 2. The van der Waals surface area contributed by atoms with E-state index in [1.165, 1.54) is 24.3 Å². The Hall–Kier alpha value is -3.03. The number of nitrogens with one attached hydrogen (secondary N) is 2. The number of sulfonamides is 1. The Morgan fingerprint density at radius 3 is 2.18 bits per heavy atom. The predicted octanol–water partition coefficient (Wildman–Crippen LogP) is 4.16. The first-order valence-corrected chi connectivity index (χ1v) is 10.2. The maximum atomic E-state index is 12.4. The first-order chi connectivity index (χ1) is 13.4. The van der Waals surface area contributed by atoms with Crippen molar-refractivity contribution in [1.82, 2.24) is 0 Å². The summed E-state index contributed by atoms with van der Waals surface area (Å²) in [6, 6.07) is 21.3. The second-order valence-electron chi connectivity index (χ2n) is 5.76. The fourth-order valence-electron chi connectivity index (χ4n) is 2.34. The van der Waals surface area contributed by atoms with E-state index in [0.717, 1.165) is 0 Å². The third-order valence-electron chi connectivity index (χ3n) is 3.67. The molecule has 8 heteroatoms. The lowest BCUT2D eigenvalue weighted by Crippen LogP contribution is -2.20. The summed E-state index contributed by atoms with van der Waals surface area (Å²) >= 11 is 5.97. The van der Waals surface area contributed by atoms with E-state index < -0.39 is 15.9 Å². The quantitative estimate of drug-likeness (QED) is 0.605. The molecule has 3 aromatic carbocycles. The van der Waals surface area contributed by atoms with Crippen molar-refractivity contribution in [2.75, 3.05) is 16.6 Å². The van der Waals surface area contributed by atoms with Crippen molar-refractivity contribution < 1.29 is 17.9 Å². The van der Waals surface area contributed by atoms with Crippen LogP contribution in [0.25, 0.3) is 0 Å². The fourth-order valence-corrected chi connectivity index (χ4v) is 3.59. The van der Waals surface area contributed by atoms with Gasteiger partial charge in [-0.3, -0.25) is 9.52 Å². The molecule has 0 spiro atoms. The van der Waals surface area contributed by atoms with E-state index in [-0.39, 0.29) is 11.5 Å². The standard InChI is InChI=1S/C20H17ClN2O4S/c21-18-8-4-5-9-19(18)27-14-20(24)22-15-10-12-17(13-11-15)28(25,26)23-16-6-2-1-3-7-16/h1-13,23H,14H2,(H,22,24). The van der Waals surface area contributed by atoms with Gasteiger partial charge in [0.15, 0.2) is 6.61 Å². The largest absolute Gasteiger partial charge is 0.482 e. The summed E-state index contributed by atoms with van der Waals surface area (Å²) in [6.07, 6.45) is 0. The maximum Gasteiger partial charge on any atom is 0.262 e. The zero-order valence-electron chi connectivity index (χ0n) is 14.6. The van der Waals surface area contributed by atoms with Gasteiger partial charge in [0.1, 0.15) is 5.75 Å². The summed E-state index contributed by atoms with van der Waals surface area (Å²) in [7, 11) is -3.71. The highest BCUT2D eigenvalue weighted by Crippen LogP contribution is 2.23. The zero-order valence-corrected chi connectivity index (χ0v) is 16.2. The molecule has 1 amide bonds. The monoisotopic (exact) mass is 416 g/mol. The SMILES string of the molecule is O=C(COc1ccccc1Cl)Nc1ccc(S(=O)(=O)Nc2ccccc2)cc1. The highest BCUT2D eigenvalue weighted by molar-refractivity contribution is 7.92. The van der Waals surface area contributed by atoms with Crippen molar-refractivity contribution in [2.24, 2.45) is 0 Å². The van der Waals surface area contributed by atoms with Crippen molar-refractivity contribution in [1.29, 1.82) is 0 Å². The molecule has 3 rings (SSSR count). The van der Waals surface area contributed by atoms with Crippen LogP contribution >= 0.6 is 11.6 Å². The Kier molecular flexibility index (Phi) is 6.18. The second kappa shape index (κ2) is 8.77. The third-order valence-corrected chi connectivity index (χ3v) is 5.38. The van der Waals surface area contributed by atoms with Crippen LogP contribution in [0.4, 0.5) is 11.4 Å². The van der Waals surface area contributed by atoms with E-state index in [0.29, 0.717) is 22.1 Å². The molecule has 0 aliphatic heterocycles. The van der Waals surface area contributed by atoms with Crippen LogP contribution in [0.5, 0.6) is 5.75 Å². The van der Waals surface area contributed by atoms with Crippen LogP contribution in [0, 0.1) is 0 Å². The number of ether oxygens (including phenoxy) is 1. The number of benzene rings is 3. The molecule has 0 saturated heterocycles. The van der Waals surface area contributed by atoms with Crippen LogP contribution < -0.4 is 14.8 Å². The summed E-state index contributed by atoms with van der Waals surface area (Å²) in [4.78, 5) is 12.1. The number of carbonyl (C=O) groups is 1. The highest BCUT2D eigenvalue weighted by Gasteiger charge is 2.14. The van der Waals surface area contributed by atoms with E-state index in [4.69, 9.17) is 16.3 Å². The number of amides is 1. The number of para-hydroxylation sites is 2. The lowest BCUT2D eigenvalue weighted by Gasteiger charge is -2.10. The van der Waals surface area contributed by atoms with Crippen LogP contribution in [0.3, 0.4) is 0 Å². The molecule has 2 N–H and O–H groups in total. The summed E-state index contributed by atoms with van der Waals surface area (Å²) in [5.41, 5.74) is 0.919. The molecule has 0 aliphatic carbocycles. The third kappa shape index (κ3) is 5.25. The van der Waals surface area contributed by atoms with Gasteiger partial charge in [0, 0.05) is 11.4 Å². The van der Waals surface area contributed by atoms with Crippen molar-refractivity contribution >= 4 is 38.9 Å². The minimum atomic E-state index is -3.71. The van der Waals surface area contributed by atoms with Gasteiger partial charge in [-0.1, -0.05) is 41.9 Å². The average Bonchev–Trinajstić information content (AvgIpc) is 2.68. The van der Waals surface area contributed by atoms with Crippen LogP contribution in [0.15, 0.2) is 83.8 Å². The van der Waals surface area contributed by atoms with Gasteiger partial charge in [-0.25, -0.2) is 8.42 Å². The second-order valence-corrected chi connectivity index (χ2v) is 7.85. The van der Waals surface area contributed by atoms with E-state index in [9.17, 15) is 13.2 Å². The number of carbonyl (C=O) groups excluding carboxylic acids is 1. The molecule has 0 unspecified atom stereocenters. The Labute approximate surface area is 168 Å². The van der Waals surface area contributed by atoms with Crippen molar-refractivity contribution in [3.8, 4) is 5.75 Å². The Morgan fingerprint density at radius 2 is 1.50 bits per heavy atom. The molecule has 6 nitrogen and oxygen atoms in total. The summed E-state index contributed by atoms with van der Waals surface area (Å²) in [5.74, 6) is 0.0191. The normalized spacial score (nSPS) is 10.9. The fraction of sp³-hybridized carbons (Fsp3) is 0.0500. The van der Waals surface area contributed by atoms with Crippen LogP contribution in [0.1, 0.15) is 0 Å². The van der Waals surface area contributed by atoms with Gasteiger partial charge in [-0.15, -0.1) is 0 Å². The van der Waals surface area contributed by atoms with E-state index in [2.05, 4.69) is 10.0 Å². The molecule has 0 heterocycles. The molecule has 0 aliphatic rings. The van der Waals surface area contributed by atoms with Crippen LogP contribution in [-0.2, 0) is 14.8 Å². The minimum Gasteiger partial charge on any atom is -0.482 e. The van der Waals surface area contributed by atoms with Crippen molar-refractivity contribution in [3.05, 3.63) is 83.9 Å². The van der Waals surface area contributed by atoms with E-state index in [1.54, 1.807) is 54.6 Å². The molecule has 0 radical (unpaired) electrons. The molecular weight excluding hydrogens is 400 g/mol. The molecule has 28 heavy (non-hydrogen) atoms. The Balaban J connectivity index is 1.59. The van der Waals surface area contributed by atoms with E-state index in [1.807, 2.05) is 0 Å². The summed E-state index contributed by atoms with van der Waals surface area (Å²) in [6.45, 7) is -0.223. The molecular formula is C20H17ClN2O4S. The van der Waals surface area contributed by atoms with Gasteiger partial charge >= 0.3 is 0 Å². The molecule has 0 aromatic heterocycles. The zero-order chi connectivity index (χ0) is 20.0. The van der Waals surface area contributed by atoms with Gasteiger partial charge in [0.25, 0.3) is 15.9 Å². The van der Waals surface area contributed by atoms with Crippen LogP contribution in [-0.4, -0.2) is 20.9 Å². The molecule has 144 valence electrons. The van der Waals surface area contributed by atoms with Crippen molar-refractivity contribution in [3.63, 3.8) is 0 Å². The van der Waals surface area contributed by atoms with Gasteiger partial charge in [0.2, 0.25) is 0 Å². The predicted molar refractivity (Wildman–Crippen MR) is 109 cm³/mol. The molecule has 0 bridgehead atoms. The molecule has 0 fully saturated rings. The topological polar surface area (TPSA) is 84.5 Å². The lowest BCUT2D eigenvalue weighted by atomic mass is 10.3. The first-order valence-electron chi connectivity index (χ1n) is 8.29. The first kappa shape index (κ1) is 19.7. The summed E-state index contributed by atoms with van der Waals surface area (Å²) in [5, 5.41) is 3.05. The van der Waals surface area contributed by atoms with Crippen molar-refractivity contribution in [2.45, 2.75) is 4.90 Å². The maximum absolute atomic E-state index is 12.4. The number of hydrogen-bond acceptors (Lipinski definition) is 4. The van der Waals surface area contributed by atoms with Gasteiger partial charge < -0.3 is 10.1 Å². The number of rotatable bonds is 7. The molecule has 3 aromatic rings. The smallest absolute Gasteiger partial charge is 0.262 e. The Bertz CT molecular complexity index is 1060. The Morgan fingerprint density at radius 1 is 0.857 bits per heavy atom. The van der Waals surface area contributed by atoms with E-state index >= 15 is 0 Å². The summed E-state index contributed by atoms with van der Waals surface area (Å²) < 4.78 is 32.6. The number of halogens is 1. The van der Waals surface area contributed by atoms with Gasteiger partial charge in [0.05, 0.1) is 9.92 Å². The van der Waals surface area contributed by atoms with Crippen LogP contribution in [0.2, 0.25) is 5.02 Å².